The summed E-state index contributed by atoms with van der Waals surface area (Å²) in [5, 5.41) is 21.4. The second kappa shape index (κ2) is 7.76. The fourth-order valence-corrected chi connectivity index (χ4v) is 3.12. The molecule has 2 aromatic heterocycles. The van der Waals surface area contributed by atoms with Gasteiger partial charge in [-0.2, -0.15) is 4.80 Å². The van der Waals surface area contributed by atoms with Crippen molar-refractivity contribution in [2.24, 2.45) is 5.73 Å². The maximum Gasteiger partial charge on any atom is 0.415 e. The van der Waals surface area contributed by atoms with Gasteiger partial charge in [-0.1, -0.05) is 6.07 Å². The Balaban J connectivity index is 1.55. The summed E-state index contributed by atoms with van der Waals surface area (Å²) >= 11 is 0. The number of carbonyl (C=O) groups is 1. The zero-order valence-electron chi connectivity index (χ0n) is 16.2. The van der Waals surface area contributed by atoms with Gasteiger partial charge >= 0.3 is 6.09 Å². The molecule has 0 aliphatic carbocycles. The quantitative estimate of drug-likeness (QED) is 0.616. The van der Waals surface area contributed by atoms with Gasteiger partial charge in [0.2, 0.25) is 5.82 Å². The van der Waals surface area contributed by atoms with E-state index in [2.05, 4.69) is 20.4 Å². The number of nitrogens with zero attached hydrogens (tertiary/aromatic N) is 6. The summed E-state index contributed by atoms with van der Waals surface area (Å²) in [6.07, 6.45) is 0.893. The lowest BCUT2D eigenvalue weighted by atomic mass is 10.1. The standard InChI is InChI=1S/C19H20FN7O3/c1-19(11-28)10-26(18(29)30-19)13-3-4-14(15(20)8-13)12-2-5-16(22-9-12)17-23-25-27(24-17)7-6-21/h2-5,8-9,28H,6-7,10-11,21H2,1H3/t19-/m1/s1. The number of carbonyl (C=O) groups excluding carboxylic acids is 1. The fourth-order valence-electron chi connectivity index (χ4n) is 3.12. The Bertz CT molecular complexity index is 1070. The number of anilines is 1. The third kappa shape index (κ3) is 3.72. The first-order chi connectivity index (χ1) is 14.4. The highest BCUT2D eigenvalue weighted by atomic mass is 19.1. The Labute approximate surface area is 171 Å². The summed E-state index contributed by atoms with van der Waals surface area (Å²) < 4.78 is 20.0. The van der Waals surface area contributed by atoms with E-state index in [0.717, 1.165) is 0 Å². The maximum absolute atomic E-state index is 14.8. The number of tetrazole rings is 1. The molecule has 30 heavy (non-hydrogen) atoms. The average molecular weight is 413 g/mol. The Morgan fingerprint density at radius 3 is 2.80 bits per heavy atom. The topological polar surface area (TPSA) is 132 Å². The second-order valence-corrected chi connectivity index (χ2v) is 7.16. The number of aromatic nitrogens is 5. The summed E-state index contributed by atoms with van der Waals surface area (Å²) in [5.74, 6) is -0.162. The fraction of sp³-hybridized carbons (Fsp3) is 0.316. The molecule has 11 heteroatoms. The van der Waals surface area contributed by atoms with Crippen LogP contribution in [0.1, 0.15) is 6.92 Å². The molecule has 10 nitrogen and oxygen atoms in total. The molecule has 0 bridgehead atoms. The molecular formula is C19H20FN7O3. The van der Waals surface area contributed by atoms with E-state index in [0.29, 0.717) is 41.4 Å². The number of hydrogen-bond donors (Lipinski definition) is 2. The molecule has 1 aliphatic heterocycles. The van der Waals surface area contributed by atoms with Gasteiger partial charge in [0, 0.05) is 23.9 Å². The number of pyridine rings is 1. The van der Waals surface area contributed by atoms with Crippen molar-refractivity contribution in [1.82, 2.24) is 25.2 Å². The zero-order valence-corrected chi connectivity index (χ0v) is 16.2. The molecule has 3 heterocycles. The van der Waals surface area contributed by atoms with Crippen LogP contribution in [0.5, 0.6) is 0 Å². The van der Waals surface area contributed by atoms with Gasteiger partial charge in [0.15, 0.2) is 5.60 Å². The molecule has 1 aromatic carbocycles. The van der Waals surface area contributed by atoms with Crippen molar-refractivity contribution in [2.75, 3.05) is 24.6 Å². The molecule has 1 fully saturated rings. The van der Waals surface area contributed by atoms with Crippen molar-refractivity contribution in [3.8, 4) is 22.6 Å². The number of cyclic esters (lactones) is 1. The summed E-state index contributed by atoms with van der Waals surface area (Å²) in [4.78, 5) is 19.0. The van der Waals surface area contributed by atoms with Gasteiger partial charge < -0.3 is 15.6 Å². The first-order valence-corrected chi connectivity index (χ1v) is 9.28. The van der Waals surface area contributed by atoms with E-state index < -0.39 is 17.5 Å². The first kappa shape index (κ1) is 19.9. The van der Waals surface area contributed by atoms with Crippen LogP contribution in [0.15, 0.2) is 36.5 Å². The third-order valence-electron chi connectivity index (χ3n) is 4.73. The predicted octanol–water partition coefficient (Wildman–Crippen LogP) is 1.21. The second-order valence-electron chi connectivity index (χ2n) is 7.16. The maximum atomic E-state index is 14.8. The van der Waals surface area contributed by atoms with Gasteiger partial charge in [-0.15, -0.1) is 10.2 Å². The third-order valence-corrected chi connectivity index (χ3v) is 4.73. The van der Waals surface area contributed by atoms with Gasteiger partial charge in [0.05, 0.1) is 25.4 Å². The number of aliphatic hydroxyl groups is 1. The number of halogens is 1. The summed E-state index contributed by atoms with van der Waals surface area (Å²) in [7, 11) is 0. The molecule has 0 unspecified atom stereocenters. The Kier molecular flexibility index (Phi) is 5.14. The largest absolute Gasteiger partial charge is 0.438 e. The molecule has 3 aromatic rings. The number of amides is 1. The van der Waals surface area contributed by atoms with Crippen LogP contribution in [-0.4, -0.2) is 61.7 Å². The predicted molar refractivity (Wildman–Crippen MR) is 105 cm³/mol. The summed E-state index contributed by atoms with van der Waals surface area (Å²) in [6.45, 7) is 2.28. The van der Waals surface area contributed by atoms with Crippen LogP contribution >= 0.6 is 0 Å². The highest BCUT2D eigenvalue weighted by molar-refractivity contribution is 5.90. The molecule has 156 valence electrons. The molecule has 1 atom stereocenters. The number of benzene rings is 1. The normalized spacial score (nSPS) is 18.7. The van der Waals surface area contributed by atoms with Crippen molar-refractivity contribution >= 4 is 11.8 Å². The van der Waals surface area contributed by atoms with Gasteiger partial charge in [-0.05, 0) is 36.4 Å². The molecule has 1 aliphatic rings. The molecular weight excluding hydrogens is 393 g/mol. The molecule has 4 rings (SSSR count). The number of nitrogens with two attached hydrogens (primary N) is 1. The van der Waals surface area contributed by atoms with E-state index in [1.165, 1.54) is 22.0 Å². The van der Waals surface area contributed by atoms with Crippen LogP contribution in [0, 0.1) is 5.82 Å². The minimum Gasteiger partial charge on any atom is -0.438 e. The van der Waals surface area contributed by atoms with E-state index in [-0.39, 0.29) is 13.2 Å². The summed E-state index contributed by atoms with van der Waals surface area (Å²) in [6, 6.07) is 7.83. The zero-order chi connectivity index (χ0) is 21.3. The highest BCUT2D eigenvalue weighted by Crippen LogP contribution is 2.31. The van der Waals surface area contributed by atoms with Crippen molar-refractivity contribution in [3.05, 3.63) is 42.3 Å². The van der Waals surface area contributed by atoms with E-state index in [4.69, 9.17) is 10.5 Å². The molecule has 0 radical (unpaired) electrons. The minimum atomic E-state index is -1.01. The smallest absolute Gasteiger partial charge is 0.415 e. The Morgan fingerprint density at radius 1 is 1.33 bits per heavy atom. The van der Waals surface area contributed by atoms with Crippen molar-refractivity contribution in [2.45, 2.75) is 19.1 Å². The number of rotatable bonds is 6. The SMILES string of the molecule is C[C@]1(CO)CN(c2ccc(-c3ccc(-c4nnn(CCN)n4)nc3)c(F)c2)C(=O)O1. The Morgan fingerprint density at radius 2 is 2.17 bits per heavy atom. The first-order valence-electron chi connectivity index (χ1n) is 9.28. The molecule has 0 saturated carbocycles. The van der Waals surface area contributed by atoms with Gasteiger partial charge in [-0.3, -0.25) is 9.88 Å². The lowest BCUT2D eigenvalue weighted by Gasteiger charge is -2.18. The number of ether oxygens (including phenoxy) is 1. The Hall–Kier alpha value is -3.44. The van der Waals surface area contributed by atoms with Crippen LogP contribution in [-0.2, 0) is 11.3 Å². The highest BCUT2D eigenvalue weighted by Gasteiger charge is 2.41. The van der Waals surface area contributed by atoms with E-state index >= 15 is 0 Å². The lowest BCUT2D eigenvalue weighted by Crippen LogP contribution is -2.34. The van der Waals surface area contributed by atoms with E-state index in [1.54, 1.807) is 31.2 Å². The van der Waals surface area contributed by atoms with Crippen molar-refractivity contribution in [1.29, 1.82) is 0 Å². The molecule has 1 amide bonds. The molecule has 3 N–H and O–H groups in total. The van der Waals surface area contributed by atoms with E-state index in [1.807, 2.05) is 0 Å². The number of aliphatic hydroxyl groups excluding tert-OH is 1. The van der Waals surface area contributed by atoms with Crippen LogP contribution in [0.2, 0.25) is 0 Å². The van der Waals surface area contributed by atoms with Crippen LogP contribution in [0.25, 0.3) is 22.6 Å². The van der Waals surface area contributed by atoms with Gasteiger partial charge in [0.25, 0.3) is 0 Å². The van der Waals surface area contributed by atoms with Crippen molar-refractivity contribution in [3.63, 3.8) is 0 Å². The average Bonchev–Trinajstić information content (AvgIpc) is 3.33. The minimum absolute atomic E-state index is 0.134. The molecule has 0 spiro atoms. The lowest BCUT2D eigenvalue weighted by molar-refractivity contribution is 0.0219. The van der Waals surface area contributed by atoms with Gasteiger partial charge in [0.1, 0.15) is 11.5 Å². The molecule has 1 saturated heterocycles. The van der Waals surface area contributed by atoms with Crippen LogP contribution < -0.4 is 10.6 Å². The van der Waals surface area contributed by atoms with Crippen molar-refractivity contribution < 1.29 is 19.0 Å². The monoisotopic (exact) mass is 413 g/mol. The van der Waals surface area contributed by atoms with Gasteiger partial charge in [-0.25, -0.2) is 9.18 Å². The van der Waals surface area contributed by atoms with E-state index in [9.17, 15) is 14.3 Å². The summed E-state index contributed by atoms with van der Waals surface area (Å²) in [5.41, 5.74) is 6.20. The van der Waals surface area contributed by atoms with Crippen LogP contribution in [0.3, 0.4) is 0 Å². The van der Waals surface area contributed by atoms with Crippen LogP contribution in [0.4, 0.5) is 14.9 Å². The number of hydrogen-bond acceptors (Lipinski definition) is 8.